The van der Waals surface area contributed by atoms with Crippen LogP contribution in [0.25, 0.3) is 0 Å². The molecule has 0 aliphatic rings. The zero-order valence-corrected chi connectivity index (χ0v) is 14.9. The lowest BCUT2D eigenvalue weighted by molar-refractivity contribution is -0.149. The molecule has 0 fully saturated rings. The Kier molecular flexibility index (Phi) is 12.9. The van der Waals surface area contributed by atoms with E-state index in [9.17, 15) is 9.59 Å². The molecular weight excluding hydrogens is 280 g/mol. The van der Waals surface area contributed by atoms with E-state index in [-0.39, 0.29) is 18.0 Å². The minimum Gasteiger partial charge on any atom is -0.466 e. The number of hydrogen-bond acceptors (Lipinski definition) is 4. The second-order valence-electron chi connectivity index (χ2n) is 6.41. The molecule has 1 atom stereocenters. The first-order valence-corrected chi connectivity index (χ1v) is 8.80. The molecule has 4 heteroatoms. The average molecular weight is 314 g/mol. The van der Waals surface area contributed by atoms with Crippen LogP contribution in [0.15, 0.2) is 0 Å². The molecule has 0 spiro atoms. The highest BCUT2D eigenvalue weighted by atomic mass is 16.5. The fraction of sp³-hybridized carbons (Fsp3) is 0.889. The van der Waals surface area contributed by atoms with Gasteiger partial charge in [0.2, 0.25) is 0 Å². The summed E-state index contributed by atoms with van der Waals surface area (Å²) in [5, 5.41) is 0. The Morgan fingerprint density at radius 2 is 1.55 bits per heavy atom. The summed E-state index contributed by atoms with van der Waals surface area (Å²) in [7, 11) is 0. The highest BCUT2D eigenvalue weighted by Crippen LogP contribution is 2.09. The Morgan fingerprint density at radius 3 is 2.18 bits per heavy atom. The molecule has 0 saturated carbocycles. The summed E-state index contributed by atoms with van der Waals surface area (Å²) in [6.45, 7) is 8.86. The molecule has 22 heavy (non-hydrogen) atoms. The lowest BCUT2D eigenvalue weighted by Gasteiger charge is -2.12. The summed E-state index contributed by atoms with van der Waals surface area (Å²) in [6.07, 6.45) is 7.37. The van der Waals surface area contributed by atoms with Crippen LogP contribution < -0.4 is 0 Å². The van der Waals surface area contributed by atoms with Crippen molar-refractivity contribution in [2.24, 2.45) is 5.92 Å². The topological polar surface area (TPSA) is 52.6 Å². The van der Waals surface area contributed by atoms with Crippen LogP contribution in [-0.2, 0) is 19.1 Å². The van der Waals surface area contributed by atoms with Crippen LogP contribution in [0, 0.1) is 5.92 Å². The first kappa shape index (κ1) is 20.9. The third-order valence-electron chi connectivity index (χ3n) is 3.50. The lowest BCUT2D eigenvalue weighted by atomic mass is 10.1. The summed E-state index contributed by atoms with van der Waals surface area (Å²) < 4.78 is 10.4. The Morgan fingerprint density at radius 1 is 0.864 bits per heavy atom. The standard InChI is InChI=1S/C18H34O4/c1-5-6-7-11-16(4)22-18(20)13-8-12-17(19)21-14-9-10-15(2)3/h15-16H,5-14H2,1-4H3. The molecule has 0 N–H and O–H groups in total. The summed E-state index contributed by atoms with van der Waals surface area (Å²) in [6, 6.07) is 0. The smallest absolute Gasteiger partial charge is 0.306 e. The van der Waals surface area contributed by atoms with Gasteiger partial charge < -0.3 is 9.47 Å². The number of carbonyl (C=O) groups is 2. The molecule has 0 bridgehead atoms. The van der Waals surface area contributed by atoms with Crippen LogP contribution in [0.5, 0.6) is 0 Å². The van der Waals surface area contributed by atoms with Crippen LogP contribution in [0.1, 0.15) is 85.5 Å². The van der Waals surface area contributed by atoms with Crippen LogP contribution in [0.3, 0.4) is 0 Å². The molecule has 0 aliphatic heterocycles. The largest absolute Gasteiger partial charge is 0.466 e. The number of unbranched alkanes of at least 4 members (excludes halogenated alkanes) is 2. The molecular formula is C18H34O4. The van der Waals surface area contributed by atoms with E-state index in [2.05, 4.69) is 20.8 Å². The monoisotopic (exact) mass is 314 g/mol. The third kappa shape index (κ3) is 13.9. The first-order valence-electron chi connectivity index (χ1n) is 8.80. The second-order valence-corrected chi connectivity index (χ2v) is 6.41. The van der Waals surface area contributed by atoms with Crippen molar-refractivity contribution in [1.82, 2.24) is 0 Å². The zero-order chi connectivity index (χ0) is 16.8. The predicted octanol–water partition coefficient (Wildman–Crippen LogP) is 4.65. The highest BCUT2D eigenvalue weighted by Gasteiger charge is 2.11. The first-order chi connectivity index (χ1) is 10.5. The van der Waals surface area contributed by atoms with Gasteiger partial charge in [-0.05, 0) is 44.9 Å². The van der Waals surface area contributed by atoms with Crippen LogP contribution in [-0.4, -0.2) is 24.6 Å². The molecule has 0 aliphatic carbocycles. The van der Waals surface area contributed by atoms with Gasteiger partial charge in [0.25, 0.3) is 0 Å². The molecule has 0 saturated heterocycles. The van der Waals surface area contributed by atoms with Crippen LogP contribution in [0.2, 0.25) is 0 Å². The number of hydrogen-bond donors (Lipinski definition) is 0. The van der Waals surface area contributed by atoms with E-state index in [0.717, 1.165) is 25.7 Å². The van der Waals surface area contributed by atoms with Gasteiger partial charge in [0.15, 0.2) is 0 Å². The molecule has 4 nitrogen and oxygen atoms in total. The quantitative estimate of drug-likeness (QED) is 0.367. The zero-order valence-electron chi connectivity index (χ0n) is 14.9. The van der Waals surface area contributed by atoms with Gasteiger partial charge in [-0.2, -0.15) is 0 Å². The number of ether oxygens (including phenoxy) is 2. The van der Waals surface area contributed by atoms with Crippen LogP contribution in [0.4, 0.5) is 0 Å². The van der Waals surface area contributed by atoms with E-state index in [0.29, 0.717) is 31.8 Å². The van der Waals surface area contributed by atoms with Crippen molar-refractivity contribution in [3.8, 4) is 0 Å². The van der Waals surface area contributed by atoms with E-state index < -0.39 is 0 Å². The SMILES string of the molecule is CCCCCC(C)OC(=O)CCCC(=O)OCCCC(C)C. The van der Waals surface area contributed by atoms with E-state index in [1.165, 1.54) is 12.8 Å². The highest BCUT2D eigenvalue weighted by molar-refractivity contribution is 5.72. The molecule has 0 aromatic rings. The van der Waals surface area contributed by atoms with Gasteiger partial charge in [0.1, 0.15) is 0 Å². The molecule has 0 radical (unpaired) electrons. The minimum absolute atomic E-state index is 0.0259. The maximum atomic E-state index is 11.6. The van der Waals surface area contributed by atoms with Gasteiger partial charge >= 0.3 is 11.9 Å². The van der Waals surface area contributed by atoms with E-state index in [4.69, 9.17) is 9.47 Å². The molecule has 0 heterocycles. The Labute approximate surface area is 135 Å². The van der Waals surface area contributed by atoms with Gasteiger partial charge in [0, 0.05) is 12.8 Å². The van der Waals surface area contributed by atoms with Gasteiger partial charge in [-0.1, -0.05) is 33.6 Å². The summed E-state index contributed by atoms with van der Waals surface area (Å²) in [5.41, 5.74) is 0. The summed E-state index contributed by atoms with van der Waals surface area (Å²) in [5.74, 6) is 0.206. The predicted molar refractivity (Wildman–Crippen MR) is 88.6 cm³/mol. The van der Waals surface area contributed by atoms with E-state index in [1.807, 2.05) is 6.92 Å². The van der Waals surface area contributed by atoms with Crippen molar-refractivity contribution in [3.63, 3.8) is 0 Å². The van der Waals surface area contributed by atoms with Crippen LogP contribution >= 0.6 is 0 Å². The number of esters is 2. The van der Waals surface area contributed by atoms with Crippen molar-refractivity contribution in [1.29, 1.82) is 0 Å². The average Bonchev–Trinajstić information content (AvgIpc) is 2.43. The molecule has 0 aromatic carbocycles. The van der Waals surface area contributed by atoms with E-state index >= 15 is 0 Å². The van der Waals surface area contributed by atoms with Gasteiger partial charge in [-0.15, -0.1) is 0 Å². The fourth-order valence-corrected chi connectivity index (χ4v) is 2.15. The molecule has 0 aromatic heterocycles. The lowest BCUT2D eigenvalue weighted by Crippen LogP contribution is -2.15. The van der Waals surface area contributed by atoms with Crippen molar-refractivity contribution >= 4 is 11.9 Å². The maximum Gasteiger partial charge on any atom is 0.306 e. The third-order valence-corrected chi connectivity index (χ3v) is 3.50. The summed E-state index contributed by atoms with van der Waals surface area (Å²) >= 11 is 0. The summed E-state index contributed by atoms with van der Waals surface area (Å²) in [4.78, 5) is 23.1. The Bertz CT molecular complexity index is 299. The minimum atomic E-state index is -0.215. The van der Waals surface area contributed by atoms with Crippen molar-refractivity contribution in [2.75, 3.05) is 6.61 Å². The van der Waals surface area contributed by atoms with Crippen molar-refractivity contribution in [3.05, 3.63) is 0 Å². The van der Waals surface area contributed by atoms with E-state index in [1.54, 1.807) is 0 Å². The van der Waals surface area contributed by atoms with Crippen molar-refractivity contribution in [2.45, 2.75) is 91.6 Å². The Balaban J connectivity index is 3.55. The van der Waals surface area contributed by atoms with Gasteiger partial charge in [0.05, 0.1) is 12.7 Å². The second kappa shape index (κ2) is 13.6. The maximum absolute atomic E-state index is 11.6. The van der Waals surface area contributed by atoms with Gasteiger partial charge in [-0.25, -0.2) is 0 Å². The number of rotatable bonds is 13. The number of carbonyl (C=O) groups excluding carboxylic acids is 2. The Hall–Kier alpha value is -1.06. The van der Waals surface area contributed by atoms with Crippen molar-refractivity contribution < 1.29 is 19.1 Å². The fourth-order valence-electron chi connectivity index (χ4n) is 2.15. The molecule has 130 valence electrons. The molecule has 1 unspecified atom stereocenters. The normalized spacial score (nSPS) is 12.2. The molecule has 0 rings (SSSR count). The van der Waals surface area contributed by atoms with Gasteiger partial charge in [-0.3, -0.25) is 9.59 Å². The molecule has 0 amide bonds.